The molecule has 0 aromatic heterocycles. The van der Waals surface area contributed by atoms with Gasteiger partial charge in [-0.25, -0.2) is 0 Å². The van der Waals surface area contributed by atoms with Crippen LogP contribution in [0.25, 0.3) is 0 Å². The van der Waals surface area contributed by atoms with Gasteiger partial charge in [-0.2, -0.15) is 5.26 Å². The molecule has 0 spiro atoms. The molecule has 7 nitrogen and oxygen atoms in total. The first-order chi connectivity index (χ1) is 11.5. The van der Waals surface area contributed by atoms with E-state index in [1.807, 2.05) is 0 Å². The molecule has 2 rings (SSSR count). The van der Waals surface area contributed by atoms with Crippen molar-refractivity contribution < 1.29 is 14.3 Å². The molecule has 0 aromatic carbocycles. The van der Waals surface area contributed by atoms with Gasteiger partial charge in [-0.1, -0.05) is 25.7 Å². The molecule has 0 unspecified atom stereocenters. The number of nitrogens with zero attached hydrogens (tertiary/aromatic N) is 3. The molecule has 1 aliphatic carbocycles. The number of likely N-dealkylation sites (N-methyl/N-ethyl adjacent to an activating group) is 1. The Hall–Kier alpha value is -1.65. The van der Waals surface area contributed by atoms with Gasteiger partial charge < -0.3 is 15.0 Å². The molecule has 0 radical (unpaired) electrons. The monoisotopic (exact) mass is 336 g/mol. The fourth-order valence-electron chi connectivity index (χ4n) is 3.35. The van der Waals surface area contributed by atoms with Crippen LogP contribution in [0.1, 0.15) is 38.5 Å². The van der Waals surface area contributed by atoms with Crippen LogP contribution in [0.15, 0.2) is 0 Å². The van der Waals surface area contributed by atoms with Gasteiger partial charge in [0, 0.05) is 13.1 Å². The van der Waals surface area contributed by atoms with Crippen LogP contribution in [-0.2, 0) is 14.3 Å². The number of ether oxygens (including phenoxy) is 1. The minimum atomic E-state index is -0.733. The predicted molar refractivity (Wildman–Crippen MR) is 89.1 cm³/mol. The molecule has 0 bridgehead atoms. The summed E-state index contributed by atoms with van der Waals surface area (Å²) >= 11 is 0. The lowest BCUT2D eigenvalue weighted by atomic mass is 9.92. The SMILES string of the molecule is CN(CC(=O)NC1(C#N)CCCCCC1)CC(=O)N1CCOCC1. The Morgan fingerprint density at radius 3 is 2.38 bits per heavy atom. The van der Waals surface area contributed by atoms with E-state index < -0.39 is 5.54 Å². The topological polar surface area (TPSA) is 85.7 Å². The van der Waals surface area contributed by atoms with E-state index in [9.17, 15) is 14.9 Å². The highest BCUT2D eigenvalue weighted by Gasteiger charge is 2.32. The summed E-state index contributed by atoms with van der Waals surface area (Å²) in [5.41, 5.74) is -0.733. The molecule has 1 saturated heterocycles. The van der Waals surface area contributed by atoms with Crippen LogP contribution in [0.3, 0.4) is 0 Å². The number of amides is 2. The van der Waals surface area contributed by atoms with Crippen LogP contribution in [0.2, 0.25) is 0 Å². The van der Waals surface area contributed by atoms with Crippen LogP contribution >= 0.6 is 0 Å². The minimum Gasteiger partial charge on any atom is -0.378 e. The summed E-state index contributed by atoms with van der Waals surface area (Å²) in [6.45, 7) is 2.68. The van der Waals surface area contributed by atoms with E-state index in [1.54, 1.807) is 16.8 Å². The van der Waals surface area contributed by atoms with Crippen molar-refractivity contribution in [2.24, 2.45) is 0 Å². The Kier molecular flexibility index (Phi) is 7.00. The number of carbonyl (C=O) groups excluding carboxylic acids is 2. The number of nitrogens with one attached hydrogen (secondary N) is 1. The molecule has 1 saturated carbocycles. The normalized spacial score (nSPS) is 21.0. The van der Waals surface area contributed by atoms with E-state index in [2.05, 4.69) is 11.4 Å². The lowest BCUT2D eigenvalue weighted by Gasteiger charge is -2.30. The average Bonchev–Trinajstić information content (AvgIpc) is 2.81. The lowest BCUT2D eigenvalue weighted by Crippen LogP contribution is -2.51. The van der Waals surface area contributed by atoms with Gasteiger partial charge in [0.2, 0.25) is 11.8 Å². The first kappa shape index (κ1) is 18.7. The van der Waals surface area contributed by atoms with Gasteiger partial charge >= 0.3 is 0 Å². The number of nitriles is 1. The molecule has 2 aliphatic rings. The van der Waals surface area contributed by atoms with Crippen LogP contribution < -0.4 is 5.32 Å². The highest BCUT2D eigenvalue weighted by Crippen LogP contribution is 2.26. The maximum Gasteiger partial charge on any atom is 0.236 e. The van der Waals surface area contributed by atoms with E-state index in [0.717, 1.165) is 25.7 Å². The smallest absolute Gasteiger partial charge is 0.236 e. The van der Waals surface area contributed by atoms with Gasteiger partial charge in [0.05, 0.1) is 32.4 Å². The summed E-state index contributed by atoms with van der Waals surface area (Å²) in [5.74, 6) is -0.172. The maximum atomic E-state index is 12.3. The van der Waals surface area contributed by atoms with Gasteiger partial charge in [0.1, 0.15) is 5.54 Å². The van der Waals surface area contributed by atoms with Gasteiger partial charge in [-0.05, 0) is 19.9 Å². The maximum absolute atomic E-state index is 12.3. The number of morpholine rings is 1. The van der Waals surface area contributed by atoms with Crippen molar-refractivity contribution in [2.75, 3.05) is 46.4 Å². The highest BCUT2D eigenvalue weighted by molar-refractivity contribution is 5.82. The van der Waals surface area contributed by atoms with Crippen molar-refractivity contribution in [1.82, 2.24) is 15.1 Å². The van der Waals surface area contributed by atoms with Gasteiger partial charge in [-0.3, -0.25) is 14.5 Å². The zero-order chi connectivity index (χ0) is 17.4. The van der Waals surface area contributed by atoms with E-state index in [4.69, 9.17) is 4.74 Å². The van der Waals surface area contributed by atoms with E-state index in [1.165, 1.54) is 0 Å². The van der Waals surface area contributed by atoms with Gasteiger partial charge in [0.15, 0.2) is 0 Å². The Morgan fingerprint density at radius 1 is 1.17 bits per heavy atom. The van der Waals surface area contributed by atoms with Crippen LogP contribution in [0, 0.1) is 11.3 Å². The number of carbonyl (C=O) groups is 2. The first-order valence-electron chi connectivity index (χ1n) is 8.81. The summed E-state index contributed by atoms with van der Waals surface area (Å²) in [6, 6.07) is 2.31. The van der Waals surface area contributed by atoms with Crippen molar-refractivity contribution in [3.63, 3.8) is 0 Å². The fraction of sp³-hybridized carbons (Fsp3) is 0.824. The molecule has 1 N–H and O–H groups in total. The van der Waals surface area contributed by atoms with E-state index in [0.29, 0.717) is 39.1 Å². The second-order valence-electron chi connectivity index (χ2n) is 6.82. The van der Waals surface area contributed by atoms with Gasteiger partial charge in [-0.15, -0.1) is 0 Å². The molecule has 24 heavy (non-hydrogen) atoms. The summed E-state index contributed by atoms with van der Waals surface area (Å²) in [5, 5.41) is 12.4. The molecule has 2 fully saturated rings. The summed E-state index contributed by atoms with van der Waals surface area (Å²) in [4.78, 5) is 28.0. The number of hydrogen-bond donors (Lipinski definition) is 1. The largest absolute Gasteiger partial charge is 0.378 e. The zero-order valence-corrected chi connectivity index (χ0v) is 14.6. The third-order valence-electron chi connectivity index (χ3n) is 4.73. The first-order valence-corrected chi connectivity index (χ1v) is 8.81. The predicted octanol–water partition coefficient (Wildman–Crippen LogP) is 0.510. The van der Waals surface area contributed by atoms with Crippen LogP contribution in [0.4, 0.5) is 0 Å². The standard InChI is InChI=1S/C17H28N4O3/c1-20(13-16(23)21-8-10-24-11-9-21)12-15(22)19-17(14-18)6-4-2-3-5-7-17/h2-13H2,1H3,(H,19,22). The fourth-order valence-corrected chi connectivity index (χ4v) is 3.35. The second-order valence-corrected chi connectivity index (χ2v) is 6.82. The number of hydrogen-bond acceptors (Lipinski definition) is 5. The van der Waals surface area contributed by atoms with Crippen LogP contribution in [0.5, 0.6) is 0 Å². The molecule has 0 atom stereocenters. The quantitative estimate of drug-likeness (QED) is 0.739. The highest BCUT2D eigenvalue weighted by atomic mass is 16.5. The van der Waals surface area contributed by atoms with E-state index in [-0.39, 0.29) is 24.9 Å². The second kappa shape index (κ2) is 9.00. The van der Waals surface area contributed by atoms with Crippen molar-refractivity contribution in [2.45, 2.75) is 44.1 Å². The molecule has 2 amide bonds. The average molecular weight is 336 g/mol. The summed E-state index contributed by atoms with van der Waals surface area (Å²) < 4.78 is 5.24. The Labute approximate surface area is 143 Å². The third-order valence-corrected chi connectivity index (χ3v) is 4.73. The molecular weight excluding hydrogens is 308 g/mol. The molecule has 1 heterocycles. The Balaban J connectivity index is 1.80. The van der Waals surface area contributed by atoms with E-state index >= 15 is 0 Å². The van der Waals surface area contributed by atoms with Gasteiger partial charge in [0.25, 0.3) is 0 Å². The molecule has 1 aliphatic heterocycles. The van der Waals surface area contributed by atoms with Crippen LogP contribution in [-0.4, -0.2) is 73.6 Å². The number of rotatable bonds is 5. The Bertz CT molecular complexity index is 475. The molecular formula is C17H28N4O3. The summed E-state index contributed by atoms with van der Waals surface area (Å²) in [6.07, 6.45) is 5.61. The zero-order valence-electron chi connectivity index (χ0n) is 14.6. The van der Waals surface area contributed by atoms with Crippen molar-refractivity contribution >= 4 is 11.8 Å². The summed E-state index contributed by atoms with van der Waals surface area (Å²) in [7, 11) is 1.75. The molecule has 134 valence electrons. The molecule has 7 heteroatoms. The van der Waals surface area contributed by atoms with Crippen molar-refractivity contribution in [3.8, 4) is 6.07 Å². The van der Waals surface area contributed by atoms with Crippen molar-refractivity contribution in [1.29, 1.82) is 5.26 Å². The minimum absolute atomic E-state index is 0.0121. The third kappa shape index (κ3) is 5.46. The molecule has 0 aromatic rings. The Morgan fingerprint density at radius 2 is 1.79 bits per heavy atom. The lowest BCUT2D eigenvalue weighted by molar-refractivity contribution is -0.136. The van der Waals surface area contributed by atoms with Crippen molar-refractivity contribution in [3.05, 3.63) is 0 Å².